The van der Waals surface area contributed by atoms with Gasteiger partial charge in [-0.25, -0.2) is 0 Å². The molecule has 1 aliphatic carbocycles. The summed E-state index contributed by atoms with van der Waals surface area (Å²) in [6.45, 7) is 4.76. The molecule has 2 N–H and O–H groups in total. The van der Waals surface area contributed by atoms with Crippen molar-refractivity contribution in [1.82, 2.24) is 4.90 Å². The van der Waals surface area contributed by atoms with E-state index in [0.717, 1.165) is 18.5 Å². The Hall–Kier alpha value is -0.0800. The van der Waals surface area contributed by atoms with Crippen molar-refractivity contribution in [3.8, 4) is 0 Å². The van der Waals surface area contributed by atoms with Gasteiger partial charge in [0.15, 0.2) is 0 Å². The standard InChI is InChI=1S/C14H28N2/c1-2-13-9-6-10-16(13)11-14(15)12-7-4-3-5-8-12/h12-14H,2-11,15H2,1H3. The second kappa shape index (κ2) is 6.02. The molecule has 0 amide bonds. The summed E-state index contributed by atoms with van der Waals surface area (Å²) in [5.41, 5.74) is 6.40. The molecular weight excluding hydrogens is 196 g/mol. The minimum absolute atomic E-state index is 0.437. The Morgan fingerprint density at radius 1 is 1.12 bits per heavy atom. The third-order valence-electron chi connectivity index (χ3n) is 4.67. The number of hydrogen-bond acceptors (Lipinski definition) is 2. The van der Waals surface area contributed by atoms with Crippen LogP contribution in [0.4, 0.5) is 0 Å². The molecular formula is C14H28N2. The van der Waals surface area contributed by atoms with Gasteiger partial charge in [-0.15, -0.1) is 0 Å². The van der Waals surface area contributed by atoms with Gasteiger partial charge in [-0.2, -0.15) is 0 Å². The summed E-state index contributed by atoms with van der Waals surface area (Å²) in [5, 5.41) is 0. The van der Waals surface area contributed by atoms with Crippen LogP contribution in [0.1, 0.15) is 58.3 Å². The highest BCUT2D eigenvalue weighted by molar-refractivity contribution is 4.84. The van der Waals surface area contributed by atoms with Crippen LogP contribution in [0.15, 0.2) is 0 Å². The lowest BCUT2D eigenvalue weighted by Gasteiger charge is -2.32. The van der Waals surface area contributed by atoms with Gasteiger partial charge in [0.2, 0.25) is 0 Å². The Morgan fingerprint density at radius 3 is 2.56 bits per heavy atom. The van der Waals surface area contributed by atoms with Gasteiger partial charge in [0.05, 0.1) is 0 Å². The molecule has 0 bridgehead atoms. The van der Waals surface area contributed by atoms with Gasteiger partial charge in [-0.1, -0.05) is 26.2 Å². The highest BCUT2D eigenvalue weighted by atomic mass is 15.2. The second-order valence-electron chi connectivity index (χ2n) is 5.76. The quantitative estimate of drug-likeness (QED) is 0.795. The third-order valence-corrected chi connectivity index (χ3v) is 4.67. The summed E-state index contributed by atoms with van der Waals surface area (Å²) >= 11 is 0. The molecule has 2 fully saturated rings. The molecule has 2 atom stereocenters. The first kappa shape index (κ1) is 12.4. The fraction of sp³-hybridized carbons (Fsp3) is 1.00. The number of nitrogens with two attached hydrogens (primary N) is 1. The van der Waals surface area contributed by atoms with Crippen LogP contribution in [-0.4, -0.2) is 30.1 Å². The first-order chi connectivity index (χ1) is 7.81. The van der Waals surface area contributed by atoms with Crippen molar-refractivity contribution < 1.29 is 0 Å². The Balaban J connectivity index is 1.78. The third kappa shape index (κ3) is 2.98. The van der Waals surface area contributed by atoms with E-state index in [1.54, 1.807) is 0 Å². The fourth-order valence-electron chi connectivity index (χ4n) is 3.58. The SMILES string of the molecule is CCC1CCCN1CC(N)C1CCCCC1. The largest absolute Gasteiger partial charge is 0.326 e. The summed E-state index contributed by atoms with van der Waals surface area (Å²) < 4.78 is 0. The van der Waals surface area contributed by atoms with Gasteiger partial charge in [0, 0.05) is 18.6 Å². The monoisotopic (exact) mass is 224 g/mol. The average Bonchev–Trinajstić information content (AvgIpc) is 2.77. The van der Waals surface area contributed by atoms with Crippen LogP contribution in [0, 0.1) is 5.92 Å². The van der Waals surface area contributed by atoms with E-state index in [-0.39, 0.29) is 0 Å². The smallest absolute Gasteiger partial charge is 0.0196 e. The van der Waals surface area contributed by atoms with Gasteiger partial charge < -0.3 is 5.73 Å². The van der Waals surface area contributed by atoms with Crippen molar-refractivity contribution in [2.75, 3.05) is 13.1 Å². The van der Waals surface area contributed by atoms with E-state index in [0.29, 0.717) is 6.04 Å². The topological polar surface area (TPSA) is 29.3 Å². The fourth-order valence-corrected chi connectivity index (χ4v) is 3.58. The number of nitrogens with zero attached hydrogens (tertiary/aromatic N) is 1. The van der Waals surface area contributed by atoms with E-state index in [1.807, 2.05) is 0 Å². The molecule has 0 spiro atoms. The van der Waals surface area contributed by atoms with E-state index in [4.69, 9.17) is 5.73 Å². The van der Waals surface area contributed by atoms with Gasteiger partial charge >= 0.3 is 0 Å². The van der Waals surface area contributed by atoms with E-state index < -0.39 is 0 Å². The van der Waals surface area contributed by atoms with Crippen LogP contribution in [0.25, 0.3) is 0 Å². The predicted molar refractivity (Wildman–Crippen MR) is 69.4 cm³/mol. The van der Waals surface area contributed by atoms with Gasteiger partial charge in [-0.05, 0) is 44.6 Å². The van der Waals surface area contributed by atoms with E-state index in [1.165, 1.54) is 57.9 Å². The minimum Gasteiger partial charge on any atom is -0.326 e. The van der Waals surface area contributed by atoms with Crippen LogP contribution in [0.2, 0.25) is 0 Å². The van der Waals surface area contributed by atoms with Gasteiger partial charge in [-0.3, -0.25) is 4.90 Å². The maximum absolute atomic E-state index is 6.40. The van der Waals surface area contributed by atoms with Gasteiger partial charge in [0.1, 0.15) is 0 Å². The predicted octanol–water partition coefficient (Wildman–Crippen LogP) is 2.77. The van der Waals surface area contributed by atoms with E-state index in [9.17, 15) is 0 Å². The zero-order valence-corrected chi connectivity index (χ0v) is 10.8. The summed E-state index contributed by atoms with van der Waals surface area (Å²) in [5.74, 6) is 0.812. The molecule has 1 saturated carbocycles. The number of rotatable bonds is 4. The van der Waals surface area contributed by atoms with Crippen LogP contribution in [-0.2, 0) is 0 Å². The lowest BCUT2D eigenvalue weighted by Crippen LogP contribution is -2.44. The highest BCUT2D eigenvalue weighted by Crippen LogP contribution is 2.27. The highest BCUT2D eigenvalue weighted by Gasteiger charge is 2.27. The molecule has 2 aliphatic rings. The molecule has 1 heterocycles. The summed E-state index contributed by atoms with van der Waals surface area (Å²) in [7, 11) is 0. The first-order valence-corrected chi connectivity index (χ1v) is 7.31. The summed E-state index contributed by atoms with van der Waals surface area (Å²) in [6.07, 6.45) is 11.1. The van der Waals surface area contributed by atoms with Crippen molar-refractivity contribution in [3.63, 3.8) is 0 Å². The number of likely N-dealkylation sites (tertiary alicyclic amines) is 1. The molecule has 16 heavy (non-hydrogen) atoms. The van der Waals surface area contributed by atoms with Crippen LogP contribution in [0.5, 0.6) is 0 Å². The molecule has 0 aromatic carbocycles. The maximum atomic E-state index is 6.40. The normalized spacial score (nSPS) is 30.8. The molecule has 94 valence electrons. The Bertz CT molecular complexity index is 199. The number of hydrogen-bond donors (Lipinski definition) is 1. The molecule has 0 radical (unpaired) electrons. The van der Waals surface area contributed by atoms with Crippen LogP contribution < -0.4 is 5.73 Å². The van der Waals surface area contributed by atoms with Crippen molar-refractivity contribution in [3.05, 3.63) is 0 Å². The first-order valence-electron chi connectivity index (χ1n) is 7.31. The molecule has 1 aliphatic heterocycles. The van der Waals surface area contributed by atoms with Crippen molar-refractivity contribution in [2.45, 2.75) is 70.4 Å². The Morgan fingerprint density at radius 2 is 1.88 bits per heavy atom. The van der Waals surface area contributed by atoms with Crippen molar-refractivity contribution >= 4 is 0 Å². The van der Waals surface area contributed by atoms with Crippen LogP contribution >= 0.6 is 0 Å². The summed E-state index contributed by atoms with van der Waals surface area (Å²) in [4.78, 5) is 2.65. The van der Waals surface area contributed by atoms with Gasteiger partial charge in [0.25, 0.3) is 0 Å². The minimum atomic E-state index is 0.437. The molecule has 0 aromatic rings. The van der Waals surface area contributed by atoms with E-state index in [2.05, 4.69) is 11.8 Å². The van der Waals surface area contributed by atoms with Crippen molar-refractivity contribution in [1.29, 1.82) is 0 Å². The molecule has 2 unspecified atom stereocenters. The van der Waals surface area contributed by atoms with Crippen molar-refractivity contribution in [2.24, 2.45) is 11.7 Å². The Labute approximate surface area is 101 Å². The Kier molecular flexibility index (Phi) is 4.66. The molecule has 0 aromatic heterocycles. The molecule has 1 saturated heterocycles. The molecule has 2 nitrogen and oxygen atoms in total. The lowest BCUT2D eigenvalue weighted by atomic mass is 9.84. The van der Waals surface area contributed by atoms with E-state index >= 15 is 0 Å². The average molecular weight is 224 g/mol. The lowest BCUT2D eigenvalue weighted by molar-refractivity contribution is 0.191. The van der Waals surface area contributed by atoms with Crippen LogP contribution in [0.3, 0.4) is 0 Å². The zero-order valence-electron chi connectivity index (χ0n) is 10.8. The molecule has 2 heteroatoms. The zero-order chi connectivity index (χ0) is 11.4. The molecule has 2 rings (SSSR count). The second-order valence-corrected chi connectivity index (χ2v) is 5.76. The summed E-state index contributed by atoms with van der Waals surface area (Å²) in [6, 6.07) is 1.27. The maximum Gasteiger partial charge on any atom is 0.0196 e.